The number of esters is 1. The van der Waals surface area contributed by atoms with Gasteiger partial charge in [0.15, 0.2) is 0 Å². The maximum Gasteiger partial charge on any atom is 0.339 e. The van der Waals surface area contributed by atoms with E-state index in [0.29, 0.717) is 22.8 Å². The first-order valence-corrected chi connectivity index (χ1v) is 5.68. The quantitative estimate of drug-likeness (QED) is 0.488. The zero-order valence-corrected chi connectivity index (χ0v) is 10.4. The second-order valence-electron chi connectivity index (χ2n) is 3.37. The molecule has 0 unspecified atom stereocenters. The zero-order valence-electron chi connectivity index (χ0n) is 9.53. The van der Waals surface area contributed by atoms with E-state index in [1.807, 2.05) is 6.92 Å². The van der Waals surface area contributed by atoms with Crippen molar-refractivity contribution in [2.24, 2.45) is 0 Å². The lowest BCUT2D eigenvalue weighted by Gasteiger charge is -2.07. The van der Waals surface area contributed by atoms with Crippen LogP contribution in [0, 0.1) is 0 Å². The second-order valence-corrected chi connectivity index (χ2v) is 3.85. The number of carbonyl (C=O) groups excluding carboxylic acids is 1. The first kappa shape index (κ1) is 12.9. The third-order valence-corrected chi connectivity index (χ3v) is 2.54. The van der Waals surface area contributed by atoms with Crippen molar-refractivity contribution in [3.05, 3.63) is 23.8 Å². The summed E-state index contributed by atoms with van der Waals surface area (Å²) in [6, 6.07) is 5.11. The van der Waals surface area contributed by atoms with Gasteiger partial charge in [-0.15, -0.1) is 12.6 Å². The molecular weight excluding hydrogens is 224 g/mol. The molecule has 16 heavy (non-hydrogen) atoms. The molecule has 4 heteroatoms. The van der Waals surface area contributed by atoms with E-state index >= 15 is 0 Å². The molecule has 0 bridgehead atoms. The molecule has 0 N–H and O–H groups in total. The number of rotatable bonds is 5. The van der Waals surface area contributed by atoms with E-state index in [1.54, 1.807) is 25.3 Å². The van der Waals surface area contributed by atoms with Gasteiger partial charge >= 0.3 is 5.97 Å². The van der Waals surface area contributed by atoms with Crippen molar-refractivity contribution in [3.8, 4) is 5.75 Å². The molecule has 1 aromatic rings. The third-order valence-electron chi connectivity index (χ3n) is 2.15. The SMILES string of the molecule is CCCCOC(=O)c1cc(OC)ccc1S. The van der Waals surface area contributed by atoms with Crippen molar-refractivity contribution >= 4 is 18.6 Å². The van der Waals surface area contributed by atoms with E-state index in [9.17, 15) is 4.79 Å². The van der Waals surface area contributed by atoms with Crippen molar-refractivity contribution in [1.82, 2.24) is 0 Å². The molecule has 1 rings (SSSR count). The van der Waals surface area contributed by atoms with E-state index in [1.165, 1.54) is 0 Å². The van der Waals surface area contributed by atoms with Gasteiger partial charge in [0, 0.05) is 4.90 Å². The van der Waals surface area contributed by atoms with Gasteiger partial charge in [-0.25, -0.2) is 4.79 Å². The Morgan fingerprint density at radius 3 is 2.81 bits per heavy atom. The standard InChI is InChI=1S/C12H16O3S/c1-3-4-7-15-12(13)10-8-9(14-2)5-6-11(10)16/h5-6,8,16H,3-4,7H2,1-2H3. The maximum atomic E-state index is 11.7. The lowest BCUT2D eigenvalue weighted by molar-refractivity contribution is 0.0495. The number of carbonyl (C=O) groups is 1. The van der Waals surface area contributed by atoms with Gasteiger partial charge in [0.1, 0.15) is 5.75 Å². The molecule has 0 spiro atoms. The number of benzene rings is 1. The fraction of sp³-hybridized carbons (Fsp3) is 0.417. The van der Waals surface area contributed by atoms with Crippen LogP contribution in [0.2, 0.25) is 0 Å². The Bertz CT molecular complexity index is 363. The molecule has 0 atom stereocenters. The highest BCUT2D eigenvalue weighted by atomic mass is 32.1. The Balaban J connectivity index is 2.73. The normalized spacial score (nSPS) is 9.94. The molecule has 0 fully saturated rings. The van der Waals surface area contributed by atoms with Crippen molar-refractivity contribution in [2.45, 2.75) is 24.7 Å². The number of hydrogen-bond donors (Lipinski definition) is 1. The minimum atomic E-state index is -0.350. The summed E-state index contributed by atoms with van der Waals surface area (Å²) in [5, 5.41) is 0. The van der Waals surface area contributed by atoms with Crippen molar-refractivity contribution in [2.75, 3.05) is 13.7 Å². The van der Waals surface area contributed by atoms with E-state index < -0.39 is 0 Å². The zero-order chi connectivity index (χ0) is 12.0. The Kier molecular flexibility index (Phi) is 5.19. The molecule has 0 aliphatic heterocycles. The number of unbranched alkanes of at least 4 members (excludes halogenated alkanes) is 1. The molecule has 0 radical (unpaired) electrons. The molecular formula is C12H16O3S. The monoisotopic (exact) mass is 240 g/mol. The first-order chi connectivity index (χ1) is 7.69. The average Bonchev–Trinajstić information content (AvgIpc) is 2.30. The molecule has 88 valence electrons. The molecule has 0 aliphatic rings. The molecule has 1 aromatic carbocycles. The summed E-state index contributed by atoms with van der Waals surface area (Å²) in [4.78, 5) is 12.3. The van der Waals surface area contributed by atoms with Crippen LogP contribution in [0.25, 0.3) is 0 Å². The molecule has 0 saturated heterocycles. The highest BCUT2D eigenvalue weighted by Gasteiger charge is 2.11. The molecule has 0 saturated carbocycles. The van der Waals surface area contributed by atoms with Crippen LogP contribution >= 0.6 is 12.6 Å². The van der Waals surface area contributed by atoms with Gasteiger partial charge in [0.25, 0.3) is 0 Å². The fourth-order valence-corrected chi connectivity index (χ4v) is 1.42. The summed E-state index contributed by atoms with van der Waals surface area (Å²) >= 11 is 4.21. The van der Waals surface area contributed by atoms with Gasteiger partial charge in [-0.3, -0.25) is 0 Å². The van der Waals surface area contributed by atoms with Crippen LogP contribution in [0.1, 0.15) is 30.1 Å². The van der Waals surface area contributed by atoms with Crippen LogP contribution in [0.4, 0.5) is 0 Å². The number of methoxy groups -OCH3 is 1. The topological polar surface area (TPSA) is 35.5 Å². The van der Waals surface area contributed by atoms with Crippen LogP contribution in [0.5, 0.6) is 5.75 Å². The minimum absolute atomic E-state index is 0.350. The van der Waals surface area contributed by atoms with E-state index in [-0.39, 0.29) is 5.97 Å². The Hall–Kier alpha value is -1.16. The predicted octanol–water partition coefficient (Wildman–Crippen LogP) is 2.94. The first-order valence-electron chi connectivity index (χ1n) is 5.23. The molecule has 3 nitrogen and oxygen atoms in total. The Morgan fingerprint density at radius 1 is 1.44 bits per heavy atom. The van der Waals surface area contributed by atoms with Crippen molar-refractivity contribution in [3.63, 3.8) is 0 Å². The number of thiol groups is 1. The van der Waals surface area contributed by atoms with E-state index in [0.717, 1.165) is 12.8 Å². The van der Waals surface area contributed by atoms with Crippen LogP contribution < -0.4 is 4.74 Å². The minimum Gasteiger partial charge on any atom is -0.497 e. The lowest BCUT2D eigenvalue weighted by atomic mass is 10.2. The summed E-state index contributed by atoms with van der Waals surface area (Å²) in [7, 11) is 1.56. The summed E-state index contributed by atoms with van der Waals surface area (Å²) < 4.78 is 10.1. The van der Waals surface area contributed by atoms with Gasteiger partial charge in [-0.05, 0) is 24.6 Å². The van der Waals surface area contributed by atoms with Crippen LogP contribution in [0.3, 0.4) is 0 Å². The summed E-state index contributed by atoms with van der Waals surface area (Å²) in [6.07, 6.45) is 1.87. The molecule has 0 aromatic heterocycles. The number of hydrogen-bond acceptors (Lipinski definition) is 4. The lowest BCUT2D eigenvalue weighted by Crippen LogP contribution is -2.07. The smallest absolute Gasteiger partial charge is 0.339 e. The average molecular weight is 240 g/mol. The Labute approximate surface area is 101 Å². The van der Waals surface area contributed by atoms with Crippen LogP contribution in [-0.2, 0) is 4.74 Å². The molecule has 0 aliphatic carbocycles. The van der Waals surface area contributed by atoms with Gasteiger partial charge < -0.3 is 9.47 Å². The van der Waals surface area contributed by atoms with Gasteiger partial charge in [-0.2, -0.15) is 0 Å². The van der Waals surface area contributed by atoms with Crippen molar-refractivity contribution in [1.29, 1.82) is 0 Å². The maximum absolute atomic E-state index is 11.7. The van der Waals surface area contributed by atoms with Crippen LogP contribution in [0.15, 0.2) is 23.1 Å². The van der Waals surface area contributed by atoms with E-state index in [4.69, 9.17) is 9.47 Å². The molecule has 0 amide bonds. The summed E-state index contributed by atoms with van der Waals surface area (Å²) in [5.74, 6) is 0.276. The third kappa shape index (κ3) is 3.45. The largest absolute Gasteiger partial charge is 0.497 e. The molecule has 0 heterocycles. The van der Waals surface area contributed by atoms with Gasteiger partial charge in [-0.1, -0.05) is 13.3 Å². The predicted molar refractivity (Wildman–Crippen MR) is 65.4 cm³/mol. The highest BCUT2D eigenvalue weighted by Crippen LogP contribution is 2.21. The van der Waals surface area contributed by atoms with Crippen molar-refractivity contribution < 1.29 is 14.3 Å². The van der Waals surface area contributed by atoms with E-state index in [2.05, 4.69) is 12.6 Å². The highest BCUT2D eigenvalue weighted by molar-refractivity contribution is 7.80. The van der Waals surface area contributed by atoms with Crippen LogP contribution in [-0.4, -0.2) is 19.7 Å². The van der Waals surface area contributed by atoms with Gasteiger partial charge in [0.05, 0.1) is 19.3 Å². The fourth-order valence-electron chi connectivity index (χ4n) is 1.19. The summed E-state index contributed by atoms with van der Waals surface area (Å²) in [6.45, 7) is 2.49. The second kappa shape index (κ2) is 6.43. The summed E-state index contributed by atoms with van der Waals surface area (Å²) in [5.41, 5.74) is 0.443. The van der Waals surface area contributed by atoms with Gasteiger partial charge in [0.2, 0.25) is 0 Å². The number of ether oxygens (including phenoxy) is 2. The Morgan fingerprint density at radius 2 is 2.19 bits per heavy atom.